The van der Waals surface area contributed by atoms with Gasteiger partial charge in [-0.05, 0) is 37.0 Å². The van der Waals surface area contributed by atoms with Gasteiger partial charge in [-0.3, -0.25) is 9.89 Å². The number of carbonyl (C=O) groups excluding carboxylic acids is 1. The Labute approximate surface area is 140 Å². The van der Waals surface area contributed by atoms with Crippen molar-refractivity contribution in [3.8, 4) is 11.4 Å². The topological polar surface area (TPSA) is 70.7 Å². The molecule has 2 aromatic carbocycles. The molecule has 1 aliphatic carbocycles. The number of anilines is 1. The van der Waals surface area contributed by atoms with Crippen LogP contribution in [0.3, 0.4) is 0 Å². The van der Waals surface area contributed by atoms with E-state index in [-0.39, 0.29) is 11.8 Å². The lowest BCUT2D eigenvalue weighted by molar-refractivity contribution is -0.117. The van der Waals surface area contributed by atoms with Gasteiger partial charge < -0.3 is 5.32 Å². The summed E-state index contributed by atoms with van der Waals surface area (Å²) in [7, 11) is 0. The molecule has 2 unspecified atom stereocenters. The van der Waals surface area contributed by atoms with E-state index in [1.807, 2.05) is 49.4 Å². The van der Waals surface area contributed by atoms with Crippen LogP contribution in [0.4, 0.5) is 5.69 Å². The van der Waals surface area contributed by atoms with E-state index in [2.05, 4.69) is 32.6 Å². The fraction of sp³-hybridized carbons (Fsp3) is 0.211. The van der Waals surface area contributed by atoms with Crippen LogP contribution in [0.1, 0.15) is 23.7 Å². The summed E-state index contributed by atoms with van der Waals surface area (Å²) in [4.78, 5) is 16.8. The fourth-order valence-corrected chi connectivity index (χ4v) is 3.00. The van der Waals surface area contributed by atoms with Crippen molar-refractivity contribution in [1.82, 2.24) is 15.2 Å². The van der Waals surface area contributed by atoms with E-state index in [0.717, 1.165) is 23.5 Å². The maximum Gasteiger partial charge on any atom is 0.228 e. The summed E-state index contributed by atoms with van der Waals surface area (Å²) in [5, 5.41) is 10.0. The summed E-state index contributed by atoms with van der Waals surface area (Å²) in [5.41, 5.74) is 2.90. The van der Waals surface area contributed by atoms with E-state index in [9.17, 15) is 4.79 Å². The molecule has 1 fully saturated rings. The molecule has 1 heterocycles. The molecule has 0 saturated heterocycles. The molecule has 5 nitrogen and oxygen atoms in total. The molecule has 2 N–H and O–H groups in total. The first-order valence-electron chi connectivity index (χ1n) is 8.06. The number of aromatic amines is 1. The van der Waals surface area contributed by atoms with Crippen LogP contribution in [0, 0.1) is 12.8 Å². The molecule has 5 heteroatoms. The predicted octanol–water partition coefficient (Wildman–Crippen LogP) is 3.52. The van der Waals surface area contributed by atoms with Crippen LogP contribution in [0.2, 0.25) is 0 Å². The van der Waals surface area contributed by atoms with Crippen LogP contribution in [0.15, 0.2) is 54.6 Å². The molecule has 1 aromatic heterocycles. The minimum Gasteiger partial charge on any atom is -0.326 e. The first-order chi connectivity index (χ1) is 11.7. The van der Waals surface area contributed by atoms with E-state index in [1.54, 1.807) is 0 Å². The predicted molar refractivity (Wildman–Crippen MR) is 92.5 cm³/mol. The van der Waals surface area contributed by atoms with Crippen LogP contribution < -0.4 is 5.32 Å². The standard InChI is InChI=1S/C19H18N4O/c1-12-20-18(23-22-12)14-8-5-9-15(10-14)21-19(24)17-11-16(17)13-6-3-2-4-7-13/h2-10,16-17H,11H2,1H3,(H,21,24)(H,20,22,23). The fourth-order valence-electron chi connectivity index (χ4n) is 3.00. The van der Waals surface area contributed by atoms with Gasteiger partial charge in [-0.1, -0.05) is 42.5 Å². The Hall–Kier alpha value is -2.95. The van der Waals surface area contributed by atoms with Gasteiger partial charge in [0.05, 0.1) is 0 Å². The highest BCUT2D eigenvalue weighted by Gasteiger charge is 2.43. The highest BCUT2D eigenvalue weighted by molar-refractivity contribution is 5.95. The van der Waals surface area contributed by atoms with Crippen LogP contribution in [-0.4, -0.2) is 21.1 Å². The van der Waals surface area contributed by atoms with Gasteiger partial charge >= 0.3 is 0 Å². The molecule has 0 spiro atoms. The number of amides is 1. The van der Waals surface area contributed by atoms with Gasteiger partial charge in [-0.2, -0.15) is 5.10 Å². The van der Waals surface area contributed by atoms with Crippen LogP contribution in [0.5, 0.6) is 0 Å². The van der Waals surface area contributed by atoms with Crippen LogP contribution in [0.25, 0.3) is 11.4 Å². The number of carbonyl (C=O) groups is 1. The third-order valence-corrected chi connectivity index (χ3v) is 4.34. The SMILES string of the molecule is Cc1nc(-c2cccc(NC(=O)C3CC3c3ccccc3)c2)n[nH]1. The molecule has 24 heavy (non-hydrogen) atoms. The molecule has 0 bridgehead atoms. The number of hydrogen-bond donors (Lipinski definition) is 2. The lowest BCUT2D eigenvalue weighted by Crippen LogP contribution is -2.14. The van der Waals surface area contributed by atoms with Gasteiger partial charge in [-0.15, -0.1) is 0 Å². The van der Waals surface area contributed by atoms with Gasteiger partial charge in [0.25, 0.3) is 0 Å². The third-order valence-electron chi connectivity index (χ3n) is 4.34. The second-order valence-corrected chi connectivity index (χ2v) is 6.17. The van der Waals surface area contributed by atoms with E-state index in [0.29, 0.717) is 11.7 Å². The highest BCUT2D eigenvalue weighted by Crippen LogP contribution is 2.47. The van der Waals surface area contributed by atoms with Crippen molar-refractivity contribution >= 4 is 11.6 Å². The molecule has 0 aliphatic heterocycles. The molecule has 1 amide bonds. The molecule has 120 valence electrons. The number of H-pyrrole nitrogens is 1. The van der Waals surface area contributed by atoms with E-state index in [4.69, 9.17) is 0 Å². The smallest absolute Gasteiger partial charge is 0.228 e. The maximum absolute atomic E-state index is 12.5. The summed E-state index contributed by atoms with van der Waals surface area (Å²) >= 11 is 0. The normalized spacial score (nSPS) is 19.0. The van der Waals surface area contributed by atoms with E-state index >= 15 is 0 Å². The Morgan fingerprint density at radius 1 is 1.17 bits per heavy atom. The van der Waals surface area contributed by atoms with Gasteiger partial charge in [0.1, 0.15) is 5.82 Å². The highest BCUT2D eigenvalue weighted by atomic mass is 16.2. The first-order valence-corrected chi connectivity index (χ1v) is 8.06. The molecule has 3 aromatic rings. The summed E-state index contributed by atoms with van der Waals surface area (Å²) in [6.07, 6.45) is 0.912. The van der Waals surface area contributed by atoms with Gasteiger partial charge in [0.2, 0.25) is 5.91 Å². The number of aryl methyl sites for hydroxylation is 1. The van der Waals surface area contributed by atoms with Gasteiger partial charge in [-0.25, -0.2) is 4.98 Å². The minimum absolute atomic E-state index is 0.0572. The summed E-state index contributed by atoms with van der Waals surface area (Å²) in [6, 6.07) is 17.8. The average molecular weight is 318 g/mol. The summed E-state index contributed by atoms with van der Waals surface area (Å²) in [5.74, 6) is 1.87. The first kappa shape index (κ1) is 14.6. The number of hydrogen-bond acceptors (Lipinski definition) is 3. The summed E-state index contributed by atoms with van der Waals surface area (Å²) in [6.45, 7) is 1.86. The molecular weight excluding hydrogens is 300 g/mol. The van der Waals surface area contributed by atoms with Crippen molar-refractivity contribution in [2.45, 2.75) is 19.3 Å². The Kier molecular flexibility index (Phi) is 3.61. The summed E-state index contributed by atoms with van der Waals surface area (Å²) < 4.78 is 0. The Morgan fingerprint density at radius 2 is 2.00 bits per heavy atom. The number of rotatable bonds is 4. The second kappa shape index (κ2) is 5.92. The van der Waals surface area contributed by atoms with E-state index < -0.39 is 0 Å². The second-order valence-electron chi connectivity index (χ2n) is 6.17. The van der Waals surface area contributed by atoms with Crippen molar-refractivity contribution < 1.29 is 4.79 Å². The lowest BCUT2D eigenvalue weighted by Gasteiger charge is -2.06. The van der Waals surface area contributed by atoms with Crippen molar-refractivity contribution in [3.63, 3.8) is 0 Å². The van der Waals surface area contributed by atoms with Crippen molar-refractivity contribution in [3.05, 3.63) is 66.0 Å². The number of nitrogens with zero attached hydrogens (tertiary/aromatic N) is 2. The molecule has 1 saturated carbocycles. The Morgan fingerprint density at radius 3 is 2.75 bits per heavy atom. The van der Waals surface area contributed by atoms with Crippen molar-refractivity contribution in [2.75, 3.05) is 5.32 Å². The van der Waals surface area contributed by atoms with Crippen molar-refractivity contribution in [2.24, 2.45) is 5.92 Å². The molecule has 1 aliphatic rings. The maximum atomic E-state index is 12.5. The third kappa shape index (κ3) is 2.93. The van der Waals surface area contributed by atoms with Gasteiger partial charge in [0, 0.05) is 17.2 Å². The zero-order valence-corrected chi connectivity index (χ0v) is 13.4. The zero-order valence-electron chi connectivity index (χ0n) is 13.4. The van der Waals surface area contributed by atoms with Crippen LogP contribution >= 0.6 is 0 Å². The Balaban J connectivity index is 1.45. The zero-order chi connectivity index (χ0) is 16.5. The van der Waals surface area contributed by atoms with Crippen molar-refractivity contribution in [1.29, 1.82) is 0 Å². The number of benzene rings is 2. The monoisotopic (exact) mass is 318 g/mol. The van der Waals surface area contributed by atoms with E-state index in [1.165, 1.54) is 5.56 Å². The quantitative estimate of drug-likeness (QED) is 0.773. The molecule has 0 radical (unpaired) electrons. The largest absolute Gasteiger partial charge is 0.326 e. The number of nitrogens with one attached hydrogen (secondary N) is 2. The lowest BCUT2D eigenvalue weighted by atomic mass is 10.1. The number of aromatic nitrogens is 3. The average Bonchev–Trinajstić information content (AvgIpc) is 3.30. The van der Waals surface area contributed by atoms with Crippen LogP contribution in [-0.2, 0) is 4.79 Å². The molecule has 4 rings (SSSR count). The Bertz CT molecular complexity index is 872. The molecule has 2 atom stereocenters. The molecular formula is C19H18N4O. The van der Waals surface area contributed by atoms with Gasteiger partial charge in [0.15, 0.2) is 5.82 Å². The minimum atomic E-state index is 0.0572.